The molecule has 0 radical (unpaired) electrons. The molecule has 0 aromatic carbocycles. The molecule has 0 spiro atoms. The number of aliphatic carboxylic acids is 1. The van der Waals surface area contributed by atoms with E-state index in [2.05, 4.69) is 0 Å². The quantitative estimate of drug-likeness (QED) is 0.752. The highest BCUT2D eigenvalue weighted by molar-refractivity contribution is 5.87. The van der Waals surface area contributed by atoms with E-state index in [1.807, 2.05) is 0 Å². The molecule has 2 unspecified atom stereocenters. The minimum absolute atomic E-state index is 0.131. The fourth-order valence-electron chi connectivity index (χ4n) is 2.04. The Morgan fingerprint density at radius 3 is 2.07 bits per heavy atom. The van der Waals surface area contributed by atoms with E-state index in [1.165, 1.54) is 0 Å². The Hall–Kier alpha value is -0.860. The van der Waals surface area contributed by atoms with Crippen molar-refractivity contribution >= 4 is 11.8 Å². The number of rotatable bonds is 4. The molecule has 0 saturated heterocycles. The molecule has 0 aromatic heterocycles. The zero-order valence-electron chi connectivity index (χ0n) is 8.82. The van der Waals surface area contributed by atoms with Gasteiger partial charge in [0.25, 0.3) is 0 Å². The van der Waals surface area contributed by atoms with E-state index in [4.69, 9.17) is 5.11 Å². The molecular formula is C11H18O3. The molecule has 0 heterocycles. The molecular weight excluding hydrogens is 180 g/mol. The number of Topliss-reactive ketones (excluding diaryl/α,β-unsaturated/α-hetero) is 1. The Kier molecular flexibility index (Phi) is 3.67. The number of hydrogen-bond acceptors (Lipinski definition) is 2. The molecule has 2 atom stereocenters. The predicted octanol–water partition coefficient (Wildman–Crippen LogP) is 2.10. The van der Waals surface area contributed by atoms with Gasteiger partial charge in [0, 0.05) is 11.8 Å². The molecule has 0 bridgehead atoms. The normalized spacial score (nSPS) is 21.9. The molecule has 1 rings (SSSR count). The maximum Gasteiger partial charge on any atom is 0.306 e. The first-order valence-electron chi connectivity index (χ1n) is 5.30. The van der Waals surface area contributed by atoms with Gasteiger partial charge in [-0.2, -0.15) is 0 Å². The summed E-state index contributed by atoms with van der Waals surface area (Å²) in [5, 5.41) is 8.79. The summed E-state index contributed by atoms with van der Waals surface area (Å²) in [6.07, 6.45) is 4.14. The molecule has 0 aliphatic heterocycles. The van der Waals surface area contributed by atoms with Gasteiger partial charge in [-0.1, -0.05) is 26.7 Å². The minimum atomic E-state index is -0.871. The second-order valence-electron chi connectivity index (χ2n) is 4.30. The van der Waals surface area contributed by atoms with Crippen LogP contribution in [0.4, 0.5) is 0 Å². The number of hydrogen-bond donors (Lipinski definition) is 1. The molecule has 1 aliphatic rings. The van der Waals surface area contributed by atoms with Crippen LogP contribution in [0.3, 0.4) is 0 Å². The van der Waals surface area contributed by atoms with Crippen LogP contribution in [0.5, 0.6) is 0 Å². The Bertz CT molecular complexity index is 229. The standard InChI is InChI=1S/C11H18O3/c1-7(8(2)11(13)14)10(12)9-5-3-4-6-9/h7-9H,3-6H2,1-2H3,(H,13,14). The molecule has 80 valence electrons. The molecule has 0 aromatic rings. The van der Waals surface area contributed by atoms with E-state index in [9.17, 15) is 9.59 Å². The Labute approximate surface area is 84.5 Å². The molecule has 1 fully saturated rings. The smallest absolute Gasteiger partial charge is 0.306 e. The number of carboxylic acid groups (broad SMARTS) is 1. The minimum Gasteiger partial charge on any atom is -0.481 e. The summed E-state index contributed by atoms with van der Waals surface area (Å²) >= 11 is 0. The SMILES string of the molecule is CC(C(=O)O)C(C)C(=O)C1CCCC1. The topological polar surface area (TPSA) is 54.4 Å². The highest BCUT2D eigenvalue weighted by atomic mass is 16.4. The lowest BCUT2D eigenvalue weighted by Crippen LogP contribution is -2.29. The van der Waals surface area contributed by atoms with Crippen LogP contribution in [0.25, 0.3) is 0 Å². The third-order valence-corrected chi connectivity index (χ3v) is 3.35. The van der Waals surface area contributed by atoms with Gasteiger partial charge in [0.05, 0.1) is 5.92 Å². The van der Waals surface area contributed by atoms with Crippen LogP contribution in [0.1, 0.15) is 39.5 Å². The van der Waals surface area contributed by atoms with Gasteiger partial charge in [0.1, 0.15) is 5.78 Å². The molecule has 1 N–H and O–H groups in total. The summed E-state index contributed by atoms with van der Waals surface area (Å²) in [5.41, 5.74) is 0. The first-order valence-corrected chi connectivity index (χ1v) is 5.30. The second-order valence-corrected chi connectivity index (χ2v) is 4.30. The van der Waals surface area contributed by atoms with Crippen LogP contribution in [0, 0.1) is 17.8 Å². The Morgan fingerprint density at radius 1 is 1.14 bits per heavy atom. The maximum atomic E-state index is 11.8. The number of ketones is 1. The van der Waals surface area contributed by atoms with Crippen molar-refractivity contribution in [1.29, 1.82) is 0 Å². The summed E-state index contributed by atoms with van der Waals surface area (Å²) in [4.78, 5) is 22.5. The zero-order valence-corrected chi connectivity index (χ0v) is 8.82. The first kappa shape index (κ1) is 11.2. The van der Waals surface area contributed by atoms with Crippen LogP contribution in [-0.4, -0.2) is 16.9 Å². The lowest BCUT2D eigenvalue weighted by molar-refractivity contribution is -0.146. The van der Waals surface area contributed by atoms with Crippen LogP contribution in [-0.2, 0) is 9.59 Å². The number of carbonyl (C=O) groups excluding carboxylic acids is 1. The number of carboxylic acids is 1. The van der Waals surface area contributed by atoms with Gasteiger partial charge in [-0.05, 0) is 12.8 Å². The van der Waals surface area contributed by atoms with Crippen molar-refractivity contribution in [2.75, 3.05) is 0 Å². The fourth-order valence-corrected chi connectivity index (χ4v) is 2.04. The van der Waals surface area contributed by atoms with Gasteiger partial charge >= 0.3 is 5.97 Å². The van der Waals surface area contributed by atoms with Gasteiger partial charge in [-0.15, -0.1) is 0 Å². The second kappa shape index (κ2) is 4.58. The summed E-state index contributed by atoms with van der Waals surface area (Å²) in [7, 11) is 0. The van der Waals surface area contributed by atoms with Crippen molar-refractivity contribution in [2.24, 2.45) is 17.8 Å². The lowest BCUT2D eigenvalue weighted by atomic mass is 9.85. The van der Waals surface area contributed by atoms with Crippen molar-refractivity contribution in [3.05, 3.63) is 0 Å². The lowest BCUT2D eigenvalue weighted by Gasteiger charge is -2.18. The fraction of sp³-hybridized carbons (Fsp3) is 0.818. The van der Waals surface area contributed by atoms with E-state index < -0.39 is 11.9 Å². The van der Waals surface area contributed by atoms with Crippen molar-refractivity contribution < 1.29 is 14.7 Å². The largest absolute Gasteiger partial charge is 0.481 e. The molecule has 3 heteroatoms. The first-order chi connectivity index (χ1) is 6.54. The third kappa shape index (κ3) is 2.34. The summed E-state index contributed by atoms with van der Waals surface area (Å²) in [6.45, 7) is 3.35. The van der Waals surface area contributed by atoms with Gasteiger partial charge in [0.15, 0.2) is 0 Å². The van der Waals surface area contributed by atoms with Crippen LogP contribution >= 0.6 is 0 Å². The van der Waals surface area contributed by atoms with Crippen molar-refractivity contribution in [3.63, 3.8) is 0 Å². The van der Waals surface area contributed by atoms with Gasteiger partial charge in [-0.25, -0.2) is 0 Å². The highest BCUT2D eigenvalue weighted by Gasteiger charge is 2.32. The number of carbonyl (C=O) groups is 2. The molecule has 0 amide bonds. The van der Waals surface area contributed by atoms with Gasteiger partial charge in [0.2, 0.25) is 0 Å². The predicted molar refractivity (Wildman–Crippen MR) is 52.9 cm³/mol. The monoisotopic (exact) mass is 198 g/mol. The van der Waals surface area contributed by atoms with E-state index in [-0.39, 0.29) is 17.6 Å². The molecule has 14 heavy (non-hydrogen) atoms. The van der Waals surface area contributed by atoms with E-state index in [0.717, 1.165) is 25.7 Å². The molecule has 1 saturated carbocycles. The van der Waals surface area contributed by atoms with Crippen LogP contribution < -0.4 is 0 Å². The van der Waals surface area contributed by atoms with E-state index in [1.54, 1.807) is 13.8 Å². The van der Waals surface area contributed by atoms with Crippen LogP contribution in [0.15, 0.2) is 0 Å². The van der Waals surface area contributed by atoms with Gasteiger partial charge in [-0.3, -0.25) is 9.59 Å². The maximum absolute atomic E-state index is 11.8. The average Bonchev–Trinajstić information content (AvgIpc) is 2.67. The Morgan fingerprint density at radius 2 is 1.64 bits per heavy atom. The third-order valence-electron chi connectivity index (χ3n) is 3.35. The van der Waals surface area contributed by atoms with E-state index >= 15 is 0 Å². The highest BCUT2D eigenvalue weighted by Crippen LogP contribution is 2.29. The summed E-state index contributed by atoms with van der Waals surface area (Å²) in [5.74, 6) is -1.48. The van der Waals surface area contributed by atoms with Crippen molar-refractivity contribution in [2.45, 2.75) is 39.5 Å². The molecule has 3 nitrogen and oxygen atoms in total. The Balaban J connectivity index is 2.54. The molecule has 1 aliphatic carbocycles. The van der Waals surface area contributed by atoms with Crippen LogP contribution in [0.2, 0.25) is 0 Å². The summed E-state index contributed by atoms with van der Waals surface area (Å²) < 4.78 is 0. The average molecular weight is 198 g/mol. The van der Waals surface area contributed by atoms with E-state index in [0.29, 0.717) is 0 Å². The zero-order chi connectivity index (χ0) is 10.7. The van der Waals surface area contributed by atoms with Crippen molar-refractivity contribution in [1.82, 2.24) is 0 Å². The summed E-state index contributed by atoms with van der Waals surface area (Å²) in [6, 6.07) is 0. The van der Waals surface area contributed by atoms with Crippen molar-refractivity contribution in [3.8, 4) is 0 Å². The van der Waals surface area contributed by atoms with Gasteiger partial charge < -0.3 is 5.11 Å².